The van der Waals surface area contributed by atoms with Gasteiger partial charge in [0, 0.05) is 0 Å². The Bertz CT molecular complexity index is 124. The van der Waals surface area contributed by atoms with Crippen molar-refractivity contribution in [2.75, 3.05) is 0 Å². The lowest BCUT2D eigenvalue weighted by atomic mass is 10.0. The number of rotatable bonds is 0. The fourth-order valence-electron chi connectivity index (χ4n) is 0.796. The summed E-state index contributed by atoms with van der Waals surface area (Å²) < 4.78 is 24.5. The van der Waals surface area contributed by atoms with Gasteiger partial charge in [0.2, 0.25) is 0 Å². The lowest BCUT2D eigenvalue weighted by Crippen LogP contribution is -2.32. The van der Waals surface area contributed by atoms with Crippen molar-refractivity contribution in [3.8, 4) is 0 Å². The second kappa shape index (κ2) is 2.43. The Kier molecular flexibility index (Phi) is 1.81. The molecule has 1 aliphatic rings. The predicted molar refractivity (Wildman–Crippen MR) is 29.6 cm³/mol. The van der Waals surface area contributed by atoms with E-state index in [1.54, 1.807) is 0 Å². The molecule has 0 heterocycles. The summed E-state index contributed by atoms with van der Waals surface area (Å²) in [6, 6.07) is 0. The fourth-order valence-corrected chi connectivity index (χ4v) is 0.796. The van der Waals surface area contributed by atoms with Crippen molar-refractivity contribution in [1.29, 1.82) is 0 Å². The molecule has 3 atom stereocenters. The van der Waals surface area contributed by atoms with Crippen molar-refractivity contribution in [2.45, 2.75) is 24.9 Å². The van der Waals surface area contributed by atoms with Crippen LogP contribution in [0.3, 0.4) is 0 Å². The van der Waals surface area contributed by atoms with Gasteiger partial charge in [-0.1, -0.05) is 12.2 Å². The molecule has 1 N–H and O–H groups in total. The van der Waals surface area contributed by atoms with Gasteiger partial charge in [0.05, 0.1) is 6.10 Å². The van der Waals surface area contributed by atoms with E-state index < -0.39 is 18.4 Å². The number of allylic oxidation sites excluding steroid dienone is 1. The van der Waals surface area contributed by atoms with E-state index in [2.05, 4.69) is 0 Å². The molecule has 1 aliphatic carbocycles. The molecule has 0 fully saturated rings. The highest BCUT2D eigenvalue weighted by Gasteiger charge is 2.28. The Morgan fingerprint density at radius 2 is 2.11 bits per heavy atom. The lowest BCUT2D eigenvalue weighted by molar-refractivity contribution is 0.0368. The zero-order chi connectivity index (χ0) is 6.85. The van der Waals surface area contributed by atoms with Gasteiger partial charge in [-0.3, -0.25) is 0 Å². The number of aliphatic hydroxyl groups excluding tert-OH is 1. The zero-order valence-corrected chi connectivity index (χ0v) is 4.80. The van der Waals surface area contributed by atoms with Crippen LogP contribution in [0.15, 0.2) is 12.2 Å². The first kappa shape index (κ1) is 6.68. The molecule has 0 aromatic rings. The molecule has 0 bridgehead atoms. The summed E-state index contributed by atoms with van der Waals surface area (Å²) >= 11 is 0. The minimum absolute atomic E-state index is 0.224. The molecule has 1 rings (SSSR count). The molecule has 9 heavy (non-hydrogen) atoms. The summed E-state index contributed by atoms with van der Waals surface area (Å²) in [5.41, 5.74) is 0. The molecule has 0 saturated heterocycles. The van der Waals surface area contributed by atoms with Gasteiger partial charge in [-0.2, -0.15) is 0 Å². The maximum absolute atomic E-state index is 12.3. The Balaban J connectivity index is 2.58. The van der Waals surface area contributed by atoms with Crippen LogP contribution in [-0.4, -0.2) is 23.6 Å². The quantitative estimate of drug-likeness (QED) is 0.490. The third kappa shape index (κ3) is 1.27. The van der Waals surface area contributed by atoms with Crippen molar-refractivity contribution < 1.29 is 13.9 Å². The predicted octanol–water partition coefficient (Wildman–Crippen LogP) is 0.983. The van der Waals surface area contributed by atoms with Crippen LogP contribution in [0.5, 0.6) is 0 Å². The zero-order valence-electron chi connectivity index (χ0n) is 4.80. The fraction of sp³-hybridized carbons (Fsp3) is 0.667. The third-order valence-electron chi connectivity index (χ3n) is 1.37. The van der Waals surface area contributed by atoms with Crippen LogP contribution in [0.4, 0.5) is 8.78 Å². The van der Waals surface area contributed by atoms with Gasteiger partial charge in [-0.05, 0) is 6.42 Å². The number of hydrogen-bond acceptors (Lipinski definition) is 1. The highest BCUT2D eigenvalue weighted by Crippen LogP contribution is 2.17. The van der Waals surface area contributed by atoms with Crippen molar-refractivity contribution in [3.63, 3.8) is 0 Å². The molecular formula is C6H8F2O. The molecule has 2 unspecified atom stereocenters. The molecule has 0 aromatic carbocycles. The first-order chi connectivity index (χ1) is 4.22. The number of aliphatic hydroxyl groups is 1. The molecule has 52 valence electrons. The van der Waals surface area contributed by atoms with Crippen LogP contribution >= 0.6 is 0 Å². The maximum atomic E-state index is 12.3. The van der Waals surface area contributed by atoms with Crippen LogP contribution < -0.4 is 0 Å². The number of alkyl halides is 2. The minimum Gasteiger partial charge on any atom is -0.390 e. The second-order valence-corrected chi connectivity index (χ2v) is 2.12. The molecule has 0 aliphatic heterocycles. The van der Waals surface area contributed by atoms with Gasteiger partial charge in [0.25, 0.3) is 0 Å². The Morgan fingerprint density at radius 3 is 2.56 bits per heavy atom. The summed E-state index contributed by atoms with van der Waals surface area (Å²) in [6.07, 6.45) is -1.68. The van der Waals surface area contributed by atoms with Crippen molar-refractivity contribution in [2.24, 2.45) is 0 Å². The first-order valence-corrected chi connectivity index (χ1v) is 2.84. The second-order valence-electron chi connectivity index (χ2n) is 2.12. The third-order valence-corrected chi connectivity index (χ3v) is 1.37. The van der Waals surface area contributed by atoms with E-state index in [9.17, 15) is 8.78 Å². The molecule has 0 spiro atoms. The average molecular weight is 134 g/mol. The van der Waals surface area contributed by atoms with E-state index in [4.69, 9.17) is 5.11 Å². The minimum atomic E-state index is -1.73. The SMILES string of the molecule is OC1CC=CC(F)[C@H]1F. The van der Waals surface area contributed by atoms with Crippen LogP contribution in [0.1, 0.15) is 6.42 Å². The topological polar surface area (TPSA) is 20.2 Å². The highest BCUT2D eigenvalue weighted by molar-refractivity contribution is 5.02. The van der Waals surface area contributed by atoms with Gasteiger partial charge in [0.15, 0.2) is 12.3 Å². The van der Waals surface area contributed by atoms with Crippen LogP contribution in [0.2, 0.25) is 0 Å². The molecule has 0 aromatic heterocycles. The van der Waals surface area contributed by atoms with E-state index in [0.29, 0.717) is 0 Å². The molecule has 0 radical (unpaired) electrons. The van der Waals surface area contributed by atoms with E-state index in [1.807, 2.05) is 0 Å². The van der Waals surface area contributed by atoms with E-state index in [1.165, 1.54) is 6.08 Å². The van der Waals surface area contributed by atoms with Crippen molar-refractivity contribution >= 4 is 0 Å². The van der Waals surface area contributed by atoms with Crippen molar-refractivity contribution in [3.05, 3.63) is 12.2 Å². The van der Waals surface area contributed by atoms with E-state index >= 15 is 0 Å². The molecule has 0 amide bonds. The van der Waals surface area contributed by atoms with E-state index in [-0.39, 0.29) is 6.42 Å². The molecule has 1 nitrogen and oxygen atoms in total. The Labute approximate surface area is 52.0 Å². The van der Waals surface area contributed by atoms with Gasteiger partial charge >= 0.3 is 0 Å². The smallest absolute Gasteiger partial charge is 0.161 e. The summed E-state index contributed by atoms with van der Waals surface area (Å²) in [6.45, 7) is 0. The standard InChI is InChI=1S/C6H8F2O/c7-4-2-1-3-5(9)6(4)8/h1-2,4-6,9H,3H2/t4?,5?,6-/m1/s1. The maximum Gasteiger partial charge on any atom is 0.161 e. The first-order valence-electron chi connectivity index (χ1n) is 2.84. The van der Waals surface area contributed by atoms with Gasteiger partial charge < -0.3 is 5.11 Å². The highest BCUT2D eigenvalue weighted by atomic mass is 19.2. The van der Waals surface area contributed by atoms with Gasteiger partial charge in [-0.15, -0.1) is 0 Å². The summed E-state index contributed by atoms with van der Waals surface area (Å²) in [5, 5.41) is 8.68. The Hall–Kier alpha value is -0.440. The summed E-state index contributed by atoms with van der Waals surface area (Å²) in [4.78, 5) is 0. The molecule has 0 saturated carbocycles. The van der Waals surface area contributed by atoms with Gasteiger partial charge in [0.1, 0.15) is 0 Å². The monoisotopic (exact) mass is 134 g/mol. The van der Waals surface area contributed by atoms with Gasteiger partial charge in [-0.25, -0.2) is 8.78 Å². The van der Waals surface area contributed by atoms with Crippen LogP contribution in [0, 0.1) is 0 Å². The lowest BCUT2D eigenvalue weighted by Gasteiger charge is -2.19. The normalized spacial score (nSPS) is 43.2. The number of hydrogen-bond donors (Lipinski definition) is 1. The average Bonchev–Trinajstić information content (AvgIpc) is 1.83. The molecular weight excluding hydrogens is 126 g/mol. The van der Waals surface area contributed by atoms with Crippen LogP contribution in [0.25, 0.3) is 0 Å². The summed E-state index contributed by atoms with van der Waals surface area (Å²) in [5.74, 6) is 0. The van der Waals surface area contributed by atoms with Crippen molar-refractivity contribution in [1.82, 2.24) is 0 Å². The van der Waals surface area contributed by atoms with E-state index in [0.717, 1.165) is 6.08 Å². The number of halogens is 2. The summed E-state index contributed by atoms with van der Waals surface area (Å²) in [7, 11) is 0. The Morgan fingerprint density at radius 1 is 1.44 bits per heavy atom. The van der Waals surface area contributed by atoms with Crippen LogP contribution in [-0.2, 0) is 0 Å². The molecule has 3 heteroatoms. The largest absolute Gasteiger partial charge is 0.390 e.